The highest BCUT2D eigenvalue weighted by Gasteiger charge is 2.32. The monoisotopic (exact) mass is 421 g/mol. The van der Waals surface area contributed by atoms with Crippen molar-refractivity contribution in [2.75, 3.05) is 13.1 Å². The molecule has 0 radical (unpaired) electrons. The van der Waals surface area contributed by atoms with E-state index in [2.05, 4.69) is 5.32 Å². The summed E-state index contributed by atoms with van der Waals surface area (Å²) in [7, 11) is 0. The number of benzene rings is 1. The number of hydrogen-bond acceptors (Lipinski definition) is 3. The van der Waals surface area contributed by atoms with Crippen LogP contribution in [0.2, 0.25) is 0 Å². The van der Waals surface area contributed by atoms with Gasteiger partial charge in [0.15, 0.2) is 0 Å². The zero-order valence-electron chi connectivity index (χ0n) is 16.0. The number of nitrogens with two attached hydrogens (primary N) is 1. The van der Waals surface area contributed by atoms with Crippen molar-refractivity contribution in [3.8, 4) is 0 Å². The van der Waals surface area contributed by atoms with Crippen LogP contribution in [0.25, 0.3) is 0 Å². The van der Waals surface area contributed by atoms with Crippen LogP contribution in [0.5, 0.6) is 0 Å². The summed E-state index contributed by atoms with van der Waals surface area (Å²) in [4.78, 5) is 26.2. The highest BCUT2D eigenvalue weighted by atomic mass is 35.5. The zero-order valence-corrected chi connectivity index (χ0v) is 16.8. The number of hydrogen-bond donors (Lipinski definition) is 2. The summed E-state index contributed by atoms with van der Waals surface area (Å²) < 4.78 is 38.2. The van der Waals surface area contributed by atoms with Gasteiger partial charge in [-0.2, -0.15) is 13.2 Å². The summed E-state index contributed by atoms with van der Waals surface area (Å²) in [5.74, 6) is -0.694. The van der Waals surface area contributed by atoms with E-state index in [-0.39, 0.29) is 42.7 Å². The molecule has 1 saturated heterocycles. The average molecular weight is 422 g/mol. The summed E-state index contributed by atoms with van der Waals surface area (Å²) in [5, 5.41) is 2.56. The molecule has 9 heteroatoms. The standard InChI is InChI=1S/C19H26F3N3O2.ClH/c1-12(2)17(23)18(27)24-11-16(26)25-10-4-3-5-15(25)13-6-8-14(9-7-13)19(20,21)22;/h6-9,12,15,17H,3-5,10-11,23H2,1-2H3,(H,24,27);1H/t15?,17-;/m0./s1. The first-order valence-corrected chi connectivity index (χ1v) is 9.11. The van der Waals surface area contributed by atoms with E-state index < -0.39 is 17.8 Å². The molecule has 1 aromatic carbocycles. The van der Waals surface area contributed by atoms with E-state index in [9.17, 15) is 22.8 Å². The molecule has 5 nitrogen and oxygen atoms in total. The Morgan fingerprint density at radius 3 is 2.36 bits per heavy atom. The smallest absolute Gasteiger partial charge is 0.346 e. The lowest BCUT2D eigenvalue weighted by atomic mass is 9.94. The minimum atomic E-state index is -4.39. The van der Waals surface area contributed by atoms with Gasteiger partial charge in [-0.05, 0) is 42.9 Å². The summed E-state index contributed by atoms with van der Waals surface area (Å²) >= 11 is 0. The predicted octanol–water partition coefficient (Wildman–Crippen LogP) is 3.28. The maximum Gasteiger partial charge on any atom is 0.416 e. The Labute approximate surface area is 169 Å². The van der Waals surface area contributed by atoms with Gasteiger partial charge in [0.2, 0.25) is 11.8 Å². The number of amides is 2. The molecule has 0 spiro atoms. The molecule has 1 aromatic rings. The second kappa shape index (κ2) is 10.1. The average Bonchev–Trinajstić information content (AvgIpc) is 2.64. The molecule has 0 saturated carbocycles. The molecule has 158 valence electrons. The predicted molar refractivity (Wildman–Crippen MR) is 103 cm³/mol. The van der Waals surface area contributed by atoms with Crippen molar-refractivity contribution >= 4 is 24.2 Å². The molecule has 1 heterocycles. The number of nitrogens with zero attached hydrogens (tertiary/aromatic N) is 1. The van der Waals surface area contributed by atoms with E-state index in [1.54, 1.807) is 4.90 Å². The lowest BCUT2D eigenvalue weighted by molar-refractivity contribution is -0.138. The molecule has 0 aromatic heterocycles. The first-order chi connectivity index (χ1) is 12.6. The molecule has 3 N–H and O–H groups in total. The molecule has 1 aliphatic rings. The van der Waals surface area contributed by atoms with E-state index >= 15 is 0 Å². The molecular weight excluding hydrogens is 395 g/mol. The van der Waals surface area contributed by atoms with Gasteiger partial charge in [0.05, 0.1) is 24.2 Å². The van der Waals surface area contributed by atoms with Crippen LogP contribution in [0, 0.1) is 5.92 Å². The third-order valence-electron chi connectivity index (χ3n) is 4.88. The molecule has 2 rings (SSSR count). The van der Waals surface area contributed by atoms with Gasteiger partial charge in [-0.3, -0.25) is 9.59 Å². The van der Waals surface area contributed by atoms with Crippen LogP contribution < -0.4 is 11.1 Å². The van der Waals surface area contributed by atoms with Crippen molar-refractivity contribution in [1.82, 2.24) is 10.2 Å². The van der Waals surface area contributed by atoms with Crippen LogP contribution in [-0.4, -0.2) is 35.8 Å². The fourth-order valence-corrected chi connectivity index (χ4v) is 3.16. The van der Waals surface area contributed by atoms with Crippen molar-refractivity contribution in [3.63, 3.8) is 0 Å². The topological polar surface area (TPSA) is 75.4 Å². The number of likely N-dealkylation sites (tertiary alicyclic amines) is 1. The van der Waals surface area contributed by atoms with Crippen molar-refractivity contribution in [1.29, 1.82) is 0 Å². The van der Waals surface area contributed by atoms with Gasteiger partial charge in [-0.25, -0.2) is 0 Å². The Bertz CT molecular complexity index is 665. The van der Waals surface area contributed by atoms with Gasteiger partial charge in [0, 0.05) is 6.54 Å². The third-order valence-corrected chi connectivity index (χ3v) is 4.88. The largest absolute Gasteiger partial charge is 0.416 e. The van der Waals surface area contributed by atoms with E-state index in [1.165, 1.54) is 12.1 Å². The van der Waals surface area contributed by atoms with Crippen LogP contribution >= 0.6 is 12.4 Å². The molecule has 0 bridgehead atoms. The van der Waals surface area contributed by atoms with Gasteiger partial charge >= 0.3 is 6.18 Å². The third kappa shape index (κ3) is 6.10. The number of carbonyl (C=O) groups is 2. The van der Waals surface area contributed by atoms with E-state index in [4.69, 9.17) is 5.73 Å². The van der Waals surface area contributed by atoms with Crippen LogP contribution in [0.1, 0.15) is 50.3 Å². The number of alkyl halides is 3. The quantitative estimate of drug-likeness (QED) is 0.766. The molecule has 2 amide bonds. The van der Waals surface area contributed by atoms with Crippen molar-refractivity contribution in [2.45, 2.75) is 51.4 Å². The molecule has 1 unspecified atom stereocenters. The number of halogens is 4. The highest BCUT2D eigenvalue weighted by Crippen LogP contribution is 2.34. The van der Waals surface area contributed by atoms with Crippen LogP contribution in [0.4, 0.5) is 13.2 Å². The van der Waals surface area contributed by atoms with Gasteiger partial charge in [-0.1, -0.05) is 26.0 Å². The highest BCUT2D eigenvalue weighted by molar-refractivity contribution is 5.87. The van der Waals surface area contributed by atoms with E-state index in [0.717, 1.165) is 25.0 Å². The Balaban J connectivity index is 0.00000392. The number of piperidine rings is 1. The minimum Gasteiger partial charge on any atom is -0.346 e. The SMILES string of the molecule is CC(C)[C@H](N)C(=O)NCC(=O)N1CCCCC1c1ccc(C(F)(F)F)cc1.Cl. The Hall–Kier alpha value is -1.80. The zero-order chi connectivity index (χ0) is 20.2. The first-order valence-electron chi connectivity index (χ1n) is 9.11. The molecule has 1 fully saturated rings. The van der Waals surface area contributed by atoms with Crippen LogP contribution in [0.15, 0.2) is 24.3 Å². The summed E-state index contributed by atoms with van der Waals surface area (Å²) in [6.07, 6.45) is -2.00. The summed E-state index contributed by atoms with van der Waals surface area (Å²) in [6.45, 7) is 3.97. The first kappa shape index (κ1) is 24.2. The summed E-state index contributed by atoms with van der Waals surface area (Å²) in [6, 6.07) is 3.94. The Kier molecular flexibility index (Phi) is 8.75. The van der Waals surface area contributed by atoms with Crippen LogP contribution in [-0.2, 0) is 15.8 Å². The van der Waals surface area contributed by atoms with Crippen molar-refractivity contribution < 1.29 is 22.8 Å². The molecule has 2 atom stereocenters. The number of rotatable bonds is 5. The number of carbonyl (C=O) groups excluding carboxylic acids is 2. The number of nitrogens with one attached hydrogen (secondary N) is 1. The van der Waals surface area contributed by atoms with Gasteiger partial charge in [0.1, 0.15) is 0 Å². The van der Waals surface area contributed by atoms with E-state index in [0.29, 0.717) is 18.5 Å². The second-order valence-electron chi connectivity index (χ2n) is 7.21. The molecular formula is C19H27ClF3N3O2. The maximum atomic E-state index is 12.7. The normalized spacial score (nSPS) is 18.4. The molecule has 28 heavy (non-hydrogen) atoms. The Morgan fingerprint density at radius 1 is 1.21 bits per heavy atom. The fourth-order valence-electron chi connectivity index (χ4n) is 3.16. The summed E-state index contributed by atoms with van der Waals surface area (Å²) in [5.41, 5.74) is 5.72. The lowest BCUT2D eigenvalue weighted by Crippen LogP contribution is -2.49. The lowest BCUT2D eigenvalue weighted by Gasteiger charge is -2.36. The second-order valence-corrected chi connectivity index (χ2v) is 7.21. The fraction of sp³-hybridized carbons (Fsp3) is 0.579. The Morgan fingerprint density at radius 2 is 1.82 bits per heavy atom. The minimum absolute atomic E-state index is 0. The van der Waals surface area contributed by atoms with Crippen LogP contribution in [0.3, 0.4) is 0 Å². The van der Waals surface area contributed by atoms with Crippen molar-refractivity contribution in [3.05, 3.63) is 35.4 Å². The van der Waals surface area contributed by atoms with E-state index in [1.807, 2.05) is 13.8 Å². The molecule has 0 aliphatic carbocycles. The molecule has 1 aliphatic heterocycles. The van der Waals surface area contributed by atoms with Gasteiger partial charge < -0.3 is 16.0 Å². The maximum absolute atomic E-state index is 12.7. The van der Waals surface area contributed by atoms with Crippen molar-refractivity contribution in [2.24, 2.45) is 11.7 Å². The van der Waals surface area contributed by atoms with Gasteiger partial charge in [-0.15, -0.1) is 12.4 Å². The van der Waals surface area contributed by atoms with Gasteiger partial charge in [0.25, 0.3) is 0 Å².